The zero-order chi connectivity index (χ0) is 11.3. The van der Waals surface area contributed by atoms with Crippen molar-refractivity contribution in [1.29, 1.82) is 0 Å². The zero-order valence-electron chi connectivity index (χ0n) is 9.16. The first kappa shape index (κ1) is 12.9. The quantitative estimate of drug-likeness (QED) is 0.667. The van der Waals surface area contributed by atoms with E-state index in [1.54, 1.807) is 0 Å². The Hall–Kier alpha value is -0.190. The van der Waals surface area contributed by atoms with Gasteiger partial charge in [0.05, 0.1) is 0 Å². The van der Waals surface area contributed by atoms with Crippen LogP contribution in [0.3, 0.4) is 0 Å². The Morgan fingerprint density at radius 2 is 2.13 bits per heavy atom. The van der Waals surface area contributed by atoms with E-state index < -0.39 is 0 Å². The van der Waals surface area contributed by atoms with Crippen LogP contribution in [0.1, 0.15) is 5.56 Å². The molecule has 1 aromatic carbocycles. The van der Waals surface area contributed by atoms with Crippen LogP contribution in [-0.2, 0) is 5.75 Å². The second-order valence-electron chi connectivity index (χ2n) is 3.66. The number of nitrogen functional groups attached to an aromatic ring is 1. The molecule has 0 aliphatic heterocycles. The molecule has 0 aliphatic rings. The Labute approximate surface area is 104 Å². The highest BCUT2D eigenvalue weighted by Gasteiger charge is 2.03. The summed E-state index contributed by atoms with van der Waals surface area (Å²) in [6, 6.07) is 5.96. The van der Waals surface area contributed by atoms with Crippen LogP contribution < -0.4 is 5.73 Å². The molecule has 0 fully saturated rings. The van der Waals surface area contributed by atoms with Crippen LogP contribution in [0.2, 0.25) is 0 Å². The first-order chi connectivity index (χ1) is 7.11. The summed E-state index contributed by atoms with van der Waals surface area (Å²) in [5.41, 5.74) is 8.00. The molecule has 2 nitrogen and oxygen atoms in total. The topological polar surface area (TPSA) is 29.3 Å². The van der Waals surface area contributed by atoms with Crippen LogP contribution >= 0.6 is 27.7 Å². The number of halogens is 1. The van der Waals surface area contributed by atoms with Gasteiger partial charge in [-0.25, -0.2) is 0 Å². The maximum atomic E-state index is 5.91. The van der Waals surface area contributed by atoms with Crippen LogP contribution in [0.4, 0.5) is 5.69 Å². The van der Waals surface area contributed by atoms with Crippen LogP contribution in [0.5, 0.6) is 0 Å². The van der Waals surface area contributed by atoms with Gasteiger partial charge >= 0.3 is 0 Å². The van der Waals surface area contributed by atoms with Gasteiger partial charge in [-0.3, -0.25) is 0 Å². The van der Waals surface area contributed by atoms with Crippen LogP contribution in [-0.4, -0.2) is 31.3 Å². The summed E-state index contributed by atoms with van der Waals surface area (Å²) in [5.74, 6) is 2.11. The minimum atomic E-state index is 0.877. The third kappa shape index (κ3) is 4.45. The lowest BCUT2D eigenvalue weighted by Gasteiger charge is -2.10. The van der Waals surface area contributed by atoms with Crippen molar-refractivity contribution < 1.29 is 0 Å². The van der Waals surface area contributed by atoms with Crippen LogP contribution in [0, 0.1) is 0 Å². The molecular weight excluding hydrogens is 272 g/mol. The number of thioether (sulfide) groups is 1. The number of nitrogens with two attached hydrogens (primary N) is 1. The lowest BCUT2D eigenvalue weighted by Crippen LogP contribution is -2.14. The molecule has 0 saturated carbocycles. The number of rotatable bonds is 5. The number of benzene rings is 1. The van der Waals surface area contributed by atoms with Crippen molar-refractivity contribution >= 4 is 33.4 Å². The maximum absolute atomic E-state index is 5.91. The summed E-state index contributed by atoms with van der Waals surface area (Å²) in [5, 5.41) is 0. The molecule has 0 unspecified atom stereocenters. The first-order valence-corrected chi connectivity index (χ1v) is 6.81. The zero-order valence-corrected chi connectivity index (χ0v) is 11.6. The van der Waals surface area contributed by atoms with Gasteiger partial charge in [0.1, 0.15) is 0 Å². The molecular formula is C11H17BrN2S. The molecule has 4 heteroatoms. The van der Waals surface area contributed by atoms with E-state index in [9.17, 15) is 0 Å². The molecule has 0 aliphatic carbocycles. The normalized spacial score (nSPS) is 10.9. The average molecular weight is 289 g/mol. The van der Waals surface area contributed by atoms with Gasteiger partial charge in [0.2, 0.25) is 0 Å². The minimum Gasteiger partial charge on any atom is -0.398 e. The van der Waals surface area contributed by atoms with E-state index in [2.05, 4.69) is 34.9 Å². The van der Waals surface area contributed by atoms with Gasteiger partial charge in [-0.05, 0) is 31.8 Å². The van der Waals surface area contributed by atoms with Crippen molar-refractivity contribution in [3.05, 3.63) is 28.2 Å². The van der Waals surface area contributed by atoms with Gasteiger partial charge in [0.25, 0.3) is 0 Å². The predicted molar refractivity (Wildman–Crippen MR) is 73.3 cm³/mol. The van der Waals surface area contributed by atoms with Crippen LogP contribution in [0.15, 0.2) is 22.7 Å². The van der Waals surface area contributed by atoms with Crippen molar-refractivity contribution in [3.8, 4) is 0 Å². The molecule has 1 aromatic rings. The summed E-state index contributed by atoms with van der Waals surface area (Å²) in [6.45, 7) is 1.11. The number of hydrogen-bond donors (Lipinski definition) is 1. The molecule has 15 heavy (non-hydrogen) atoms. The van der Waals surface area contributed by atoms with E-state index >= 15 is 0 Å². The second kappa shape index (κ2) is 6.40. The third-order valence-electron chi connectivity index (χ3n) is 2.08. The molecule has 2 N–H and O–H groups in total. The Kier molecular flexibility index (Phi) is 5.50. The number of anilines is 1. The van der Waals surface area contributed by atoms with Gasteiger partial charge in [-0.1, -0.05) is 22.0 Å². The highest BCUT2D eigenvalue weighted by molar-refractivity contribution is 9.10. The van der Waals surface area contributed by atoms with Crippen molar-refractivity contribution in [2.75, 3.05) is 32.1 Å². The summed E-state index contributed by atoms with van der Waals surface area (Å²) in [7, 11) is 4.18. The van der Waals surface area contributed by atoms with Crippen molar-refractivity contribution in [1.82, 2.24) is 4.90 Å². The molecule has 0 heterocycles. The summed E-state index contributed by atoms with van der Waals surface area (Å²) >= 11 is 5.44. The van der Waals surface area contributed by atoms with E-state index in [1.807, 2.05) is 30.0 Å². The van der Waals surface area contributed by atoms with E-state index in [1.165, 1.54) is 5.56 Å². The highest BCUT2D eigenvalue weighted by Crippen LogP contribution is 2.26. The maximum Gasteiger partial charge on any atom is 0.0366 e. The van der Waals surface area contributed by atoms with Gasteiger partial charge in [0.15, 0.2) is 0 Å². The summed E-state index contributed by atoms with van der Waals surface area (Å²) < 4.78 is 1.11. The molecule has 0 spiro atoms. The Morgan fingerprint density at radius 3 is 2.73 bits per heavy atom. The van der Waals surface area contributed by atoms with Gasteiger partial charge in [-0.2, -0.15) is 11.8 Å². The number of nitrogens with zero attached hydrogens (tertiary/aromatic N) is 1. The SMILES string of the molecule is CN(C)CCSCc1c(N)cccc1Br. The molecule has 0 amide bonds. The van der Waals surface area contributed by atoms with Gasteiger partial charge < -0.3 is 10.6 Å². The highest BCUT2D eigenvalue weighted by atomic mass is 79.9. The van der Waals surface area contributed by atoms with E-state index in [0.29, 0.717) is 0 Å². The molecule has 0 radical (unpaired) electrons. The smallest absolute Gasteiger partial charge is 0.0366 e. The molecule has 84 valence electrons. The molecule has 0 aromatic heterocycles. The van der Waals surface area contributed by atoms with Crippen molar-refractivity contribution in [2.24, 2.45) is 0 Å². The fraction of sp³-hybridized carbons (Fsp3) is 0.455. The average Bonchev–Trinajstić information content (AvgIpc) is 2.15. The molecule has 0 atom stereocenters. The fourth-order valence-electron chi connectivity index (χ4n) is 1.15. The summed E-state index contributed by atoms with van der Waals surface area (Å²) in [6.07, 6.45) is 0. The van der Waals surface area contributed by atoms with E-state index in [-0.39, 0.29) is 0 Å². The fourth-order valence-corrected chi connectivity index (χ4v) is 3.02. The van der Waals surface area contributed by atoms with E-state index in [0.717, 1.165) is 28.2 Å². The summed E-state index contributed by atoms with van der Waals surface area (Å²) in [4.78, 5) is 2.19. The first-order valence-electron chi connectivity index (χ1n) is 4.86. The molecule has 0 saturated heterocycles. The second-order valence-corrected chi connectivity index (χ2v) is 5.62. The van der Waals surface area contributed by atoms with E-state index in [4.69, 9.17) is 5.73 Å². The minimum absolute atomic E-state index is 0.877. The van der Waals surface area contributed by atoms with Gasteiger partial charge in [0, 0.05) is 28.2 Å². The van der Waals surface area contributed by atoms with Crippen molar-refractivity contribution in [3.63, 3.8) is 0 Å². The largest absolute Gasteiger partial charge is 0.398 e. The number of hydrogen-bond acceptors (Lipinski definition) is 3. The monoisotopic (exact) mass is 288 g/mol. The third-order valence-corrected chi connectivity index (χ3v) is 3.79. The van der Waals surface area contributed by atoms with Crippen LogP contribution in [0.25, 0.3) is 0 Å². The standard InChI is InChI=1S/C11H17BrN2S/c1-14(2)6-7-15-8-9-10(12)4-3-5-11(9)13/h3-5H,6-8,13H2,1-2H3. The Morgan fingerprint density at radius 1 is 1.40 bits per heavy atom. The Balaban J connectivity index is 2.43. The molecule has 1 rings (SSSR count). The molecule has 0 bridgehead atoms. The lowest BCUT2D eigenvalue weighted by atomic mass is 10.2. The Bertz CT molecular complexity index is 295. The predicted octanol–water partition coefficient (Wildman–Crippen LogP) is 2.83. The van der Waals surface area contributed by atoms with Gasteiger partial charge in [-0.15, -0.1) is 0 Å². The lowest BCUT2D eigenvalue weighted by molar-refractivity contribution is 0.437. The van der Waals surface area contributed by atoms with Crippen molar-refractivity contribution in [2.45, 2.75) is 5.75 Å².